The first kappa shape index (κ1) is 13.3. The van der Waals surface area contributed by atoms with Crippen LogP contribution in [0.15, 0.2) is 18.2 Å². The summed E-state index contributed by atoms with van der Waals surface area (Å²) in [5, 5.41) is 12.5. The first-order valence-corrected chi connectivity index (χ1v) is 6.05. The van der Waals surface area contributed by atoms with Gasteiger partial charge in [-0.15, -0.1) is 0 Å². The smallest absolute Gasteiger partial charge is 0.307 e. The molecule has 0 saturated carbocycles. The van der Waals surface area contributed by atoms with Gasteiger partial charge in [-0.3, -0.25) is 14.9 Å². The van der Waals surface area contributed by atoms with E-state index in [9.17, 15) is 14.9 Å². The number of hydrazine groups is 1. The highest BCUT2D eigenvalue weighted by atomic mass is 16.6. The fourth-order valence-corrected chi connectivity index (χ4v) is 1.97. The standard InChI is InChI=1S/C12H15N3O4/c1-2-19-12(16)5-6-14-11-7-10(15(17)18)4-3-9(11)8-13-14/h3-4,7,13H,2,5-6,8H2,1H3. The highest BCUT2D eigenvalue weighted by Gasteiger charge is 2.22. The topological polar surface area (TPSA) is 84.7 Å². The average molecular weight is 265 g/mol. The minimum absolute atomic E-state index is 0.0450. The lowest BCUT2D eigenvalue weighted by molar-refractivity contribution is -0.384. The van der Waals surface area contributed by atoms with Crippen LogP contribution >= 0.6 is 0 Å². The summed E-state index contributed by atoms with van der Waals surface area (Å²) >= 11 is 0. The molecule has 0 fully saturated rings. The molecule has 1 aromatic carbocycles. The summed E-state index contributed by atoms with van der Waals surface area (Å²) in [5.74, 6) is -0.275. The number of anilines is 1. The molecule has 0 atom stereocenters. The molecule has 0 unspecified atom stereocenters. The van der Waals surface area contributed by atoms with Gasteiger partial charge in [-0.25, -0.2) is 5.43 Å². The minimum atomic E-state index is -0.428. The van der Waals surface area contributed by atoms with E-state index in [2.05, 4.69) is 5.43 Å². The number of ether oxygens (including phenoxy) is 1. The van der Waals surface area contributed by atoms with Crippen LogP contribution in [0.25, 0.3) is 0 Å². The van der Waals surface area contributed by atoms with E-state index in [1.165, 1.54) is 12.1 Å². The van der Waals surface area contributed by atoms with Crippen molar-refractivity contribution in [3.05, 3.63) is 33.9 Å². The van der Waals surface area contributed by atoms with Gasteiger partial charge in [0.05, 0.1) is 23.6 Å². The maximum Gasteiger partial charge on any atom is 0.307 e. The zero-order chi connectivity index (χ0) is 13.8. The second kappa shape index (κ2) is 5.66. The molecule has 1 heterocycles. The van der Waals surface area contributed by atoms with Crippen molar-refractivity contribution in [2.45, 2.75) is 19.9 Å². The number of carbonyl (C=O) groups excluding carboxylic acids is 1. The van der Waals surface area contributed by atoms with Crippen molar-refractivity contribution >= 4 is 17.3 Å². The normalized spacial score (nSPS) is 13.2. The number of carbonyl (C=O) groups is 1. The molecule has 0 aliphatic carbocycles. The van der Waals surface area contributed by atoms with Crippen LogP contribution in [0.3, 0.4) is 0 Å². The molecule has 0 radical (unpaired) electrons. The highest BCUT2D eigenvalue weighted by molar-refractivity contribution is 5.70. The summed E-state index contributed by atoms with van der Waals surface area (Å²) in [6.07, 6.45) is 0.239. The predicted octanol–water partition coefficient (Wildman–Crippen LogP) is 1.37. The second-order valence-electron chi connectivity index (χ2n) is 4.11. The Morgan fingerprint density at radius 3 is 3.05 bits per heavy atom. The fourth-order valence-electron chi connectivity index (χ4n) is 1.97. The number of fused-ring (bicyclic) bond motifs is 1. The van der Waals surface area contributed by atoms with E-state index in [-0.39, 0.29) is 18.1 Å². The molecule has 0 amide bonds. The molecule has 0 spiro atoms. The van der Waals surface area contributed by atoms with Crippen LogP contribution in [0.5, 0.6) is 0 Å². The molecule has 1 aliphatic heterocycles. The van der Waals surface area contributed by atoms with E-state index >= 15 is 0 Å². The number of benzene rings is 1. The predicted molar refractivity (Wildman–Crippen MR) is 68.5 cm³/mol. The van der Waals surface area contributed by atoms with Gasteiger partial charge in [0, 0.05) is 25.2 Å². The van der Waals surface area contributed by atoms with Crippen LogP contribution in [0.2, 0.25) is 0 Å². The van der Waals surface area contributed by atoms with E-state index in [1.54, 1.807) is 18.0 Å². The summed E-state index contributed by atoms with van der Waals surface area (Å²) in [4.78, 5) is 21.6. The Morgan fingerprint density at radius 2 is 2.37 bits per heavy atom. The number of rotatable bonds is 5. The van der Waals surface area contributed by atoms with Crippen LogP contribution in [-0.2, 0) is 16.1 Å². The molecule has 1 N–H and O–H groups in total. The maximum atomic E-state index is 11.3. The van der Waals surface area contributed by atoms with Gasteiger partial charge < -0.3 is 9.75 Å². The van der Waals surface area contributed by atoms with E-state index in [4.69, 9.17) is 4.74 Å². The lowest BCUT2D eigenvalue weighted by Gasteiger charge is -2.18. The van der Waals surface area contributed by atoms with E-state index in [0.29, 0.717) is 19.7 Å². The molecule has 7 nitrogen and oxygen atoms in total. The Bertz CT molecular complexity index is 504. The van der Waals surface area contributed by atoms with Crippen molar-refractivity contribution in [1.82, 2.24) is 5.43 Å². The number of nitro groups is 1. The number of hydrogen-bond donors (Lipinski definition) is 1. The quantitative estimate of drug-likeness (QED) is 0.491. The first-order chi connectivity index (χ1) is 9.11. The van der Waals surface area contributed by atoms with Gasteiger partial charge in [0.1, 0.15) is 0 Å². The molecule has 1 aliphatic rings. The van der Waals surface area contributed by atoms with Crippen molar-refractivity contribution in [1.29, 1.82) is 0 Å². The molecule has 0 aromatic heterocycles. The number of nitrogens with one attached hydrogen (secondary N) is 1. The van der Waals surface area contributed by atoms with Crippen molar-refractivity contribution in [3.8, 4) is 0 Å². The van der Waals surface area contributed by atoms with Crippen molar-refractivity contribution in [3.63, 3.8) is 0 Å². The van der Waals surface area contributed by atoms with Gasteiger partial charge in [-0.2, -0.15) is 0 Å². The third-order valence-corrected chi connectivity index (χ3v) is 2.88. The first-order valence-electron chi connectivity index (χ1n) is 6.05. The highest BCUT2D eigenvalue weighted by Crippen LogP contribution is 2.29. The average Bonchev–Trinajstić information content (AvgIpc) is 2.79. The SMILES string of the molecule is CCOC(=O)CCN1NCc2ccc([N+](=O)[O-])cc21. The monoisotopic (exact) mass is 265 g/mol. The second-order valence-corrected chi connectivity index (χ2v) is 4.11. The third-order valence-electron chi connectivity index (χ3n) is 2.88. The Labute approximate surface area is 110 Å². The van der Waals surface area contributed by atoms with Gasteiger partial charge in [-0.1, -0.05) is 0 Å². The molecule has 2 rings (SSSR count). The zero-order valence-corrected chi connectivity index (χ0v) is 10.6. The zero-order valence-electron chi connectivity index (χ0n) is 10.6. The summed E-state index contributed by atoms with van der Waals surface area (Å²) in [6.45, 7) is 3.14. The Balaban J connectivity index is 2.06. The molecule has 1 aromatic rings. The number of nitrogens with zero attached hydrogens (tertiary/aromatic N) is 2. The van der Waals surface area contributed by atoms with Crippen molar-refractivity contribution in [2.24, 2.45) is 0 Å². The summed E-state index contributed by atoms with van der Waals surface area (Å²) in [6, 6.07) is 4.72. The van der Waals surface area contributed by atoms with Gasteiger partial charge in [0.15, 0.2) is 0 Å². The number of nitro benzene ring substituents is 1. The Hall–Kier alpha value is -2.15. The van der Waals surface area contributed by atoms with E-state index in [0.717, 1.165) is 11.3 Å². The Morgan fingerprint density at radius 1 is 1.58 bits per heavy atom. The molecular formula is C12H15N3O4. The van der Waals surface area contributed by atoms with Crippen LogP contribution in [0.1, 0.15) is 18.9 Å². The van der Waals surface area contributed by atoms with Crippen molar-refractivity contribution < 1.29 is 14.5 Å². The van der Waals surface area contributed by atoms with E-state index in [1.807, 2.05) is 0 Å². The Kier molecular flexibility index (Phi) is 3.96. The lowest BCUT2D eigenvalue weighted by Crippen LogP contribution is -2.34. The fraction of sp³-hybridized carbons (Fsp3) is 0.417. The number of esters is 1. The van der Waals surface area contributed by atoms with E-state index < -0.39 is 4.92 Å². The molecule has 0 bridgehead atoms. The molecule has 102 valence electrons. The largest absolute Gasteiger partial charge is 0.466 e. The number of hydrogen-bond acceptors (Lipinski definition) is 6. The maximum absolute atomic E-state index is 11.3. The van der Waals surface area contributed by atoms with Crippen LogP contribution < -0.4 is 10.4 Å². The molecule has 7 heteroatoms. The summed E-state index contributed by atoms with van der Waals surface area (Å²) < 4.78 is 4.85. The summed E-state index contributed by atoms with van der Waals surface area (Å²) in [7, 11) is 0. The van der Waals surface area contributed by atoms with Crippen LogP contribution in [0.4, 0.5) is 11.4 Å². The third kappa shape index (κ3) is 3.00. The van der Waals surface area contributed by atoms with Gasteiger partial charge >= 0.3 is 5.97 Å². The molecule has 0 saturated heterocycles. The molecule has 19 heavy (non-hydrogen) atoms. The number of non-ortho nitro benzene ring substituents is 1. The van der Waals surface area contributed by atoms with Crippen LogP contribution in [-0.4, -0.2) is 24.0 Å². The minimum Gasteiger partial charge on any atom is -0.466 e. The van der Waals surface area contributed by atoms with Gasteiger partial charge in [-0.05, 0) is 18.6 Å². The van der Waals surface area contributed by atoms with Gasteiger partial charge in [0.2, 0.25) is 0 Å². The van der Waals surface area contributed by atoms with Crippen molar-refractivity contribution in [2.75, 3.05) is 18.2 Å². The van der Waals surface area contributed by atoms with Crippen LogP contribution in [0, 0.1) is 10.1 Å². The lowest BCUT2D eigenvalue weighted by atomic mass is 10.1. The molecular weight excluding hydrogens is 250 g/mol. The summed E-state index contributed by atoms with van der Waals surface area (Å²) in [5.41, 5.74) is 4.86. The van der Waals surface area contributed by atoms with Gasteiger partial charge in [0.25, 0.3) is 5.69 Å².